The molecule has 1 aromatic carbocycles. The predicted octanol–water partition coefficient (Wildman–Crippen LogP) is 3.30. The minimum atomic E-state index is 0. The van der Waals surface area contributed by atoms with Crippen LogP contribution in [-0.2, 0) is 17.8 Å². The Balaban J connectivity index is 0.00000480. The van der Waals surface area contributed by atoms with Gasteiger partial charge in [0.25, 0.3) is 0 Å². The number of nitrogens with one attached hydrogen (secondary N) is 2. The molecule has 0 fully saturated rings. The van der Waals surface area contributed by atoms with Gasteiger partial charge in [0.05, 0.1) is 6.61 Å². The van der Waals surface area contributed by atoms with E-state index in [1.807, 2.05) is 18.3 Å². The molecule has 31 heavy (non-hydrogen) atoms. The highest BCUT2D eigenvalue weighted by Crippen LogP contribution is 2.08. The normalized spacial score (nSPS) is 12.2. The average molecular weight is 541 g/mol. The molecule has 2 aromatic rings. The zero-order valence-corrected chi connectivity index (χ0v) is 21.3. The maximum absolute atomic E-state index is 5.48. The molecule has 0 bridgehead atoms. The van der Waals surface area contributed by atoms with Gasteiger partial charge in [-0.2, -0.15) is 0 Å². The lowest BCUT2D eigenvalue weighted by molar-refractivity contribution is 0.143. The number of methoxy groups -OCH3 is 1. The van der Waals surface area contributed by atoms with Crippen LogP contribution >= 0.6 is 24.0 Å². The van der Waals surface area contributed by atoms with Crippen LogP contribution in [0, 0.1) is 0 Å². The fraction of sp³-hybridized carbons (Fsp3) is 0.478. The molecule has 0 amide bonds. The zero-order chi connectivity index (χ0) is 21.6. The summed E-state index contributed by atoms with van der Waals surface area (Å²) in [7, 11) is 5.60. The van der Waals surface area contributed by atoms with Crippen molar-refractivity contribution in [3.8, 4) is 5.88 Å². The molecule has 0 aliphatic rings. The second-order valence-electron chi connectivity index (χ2n) is 7.24. The van der Waals surface area contributed by atoms with Gasteiger partial charge in [0.2, 0.25) is 5.88 Å². The van der Waals surface area contributed by atoms with Crippen LogP contribution in [0.4, 0.5) is 0 Å². The summed E-state index contributed by atoms with van der Waals surface area (Å²) in [4.78, 5) is 11.0. The van der Waals surface area contributed by atoms with Crippen LogP contribution in [-0.4, -0.2) is 62.8 Å². The van der Waals surface area contributed by atoms with Gasteiger partial charge in [-0.25, -0.2) is 4.98 Å². The smallest absolute Gasteiger partial charge is 0.213 e. The Hall–Kier alpha value is -1.91. The highest BCUT2D eigenvalue weighted by atomic mass is 127. The highest BCUT2D eigenvalue weighted by molar-refractivity contribution is 14.0. The van der Waals surface area contributed by atoms with Crippen LogP contribution in [0.2, 0.25) is 0 Å². The number of nitrogens with zero attached hydrogens (tertiary/aromatic N) is 3. The topological polar surface area (TPSA) is 71.0 Å². The van der Waals surface area contributed by atoms with E-state index >= 15 is 0 Å². The van der Waals surface area contributed by atoms with Crippen molar-refractivity contribution in [2.45, 2.75) is 32.5 Å². The van der Waals surface area contributed by atoms with Crippen molar-refractivity contribution in [2.75, 3.05) is 41.0 Å². The van der Waals surface area contributed by atoms with Gasteiger partial charge >= 0.3 is 0 Å². The van der Waals surface area contributed by atoms with Crippen LogP contribution in [0.15, 0.2) is 53.7 Å². The molecule has 1 unspecified atom stereocenters. The zero-order valence-electron chi connectivity index (χ0n) is 19.0. The number of guanidine groups is 1. The lowest BCUT2D eigenvalue weighted by atomic mass is 10.1. The molecule has 0 aliphatic heterocycles. The molecule has 2 rings (SSSR count). The van der Waals surface area contributed by atoms with Gasteiger partial charge in [-0.05, 0) is 31.5 Å². The summed E-state index contributed by atoms with van der Waals surface area (Å²) in [5.74, 6) is 1.39. The van der Waals surface area contributed by atoms with Crippen LogP contribution < -0.4 is 15.4 Å². The third-order valence-corrected chi connectivity index (χ3v) is 4.90. The van der Waals surface area contributed by atoms with E-state index < -0.39 is 0 Å². The quantitative estimate of drug-likeness (QED) is 0.186. The molecule has 0 saturated heterocycles. The number of pyridine rings is 1. The van der Waals surface area contributed by atoms with E-state index in [9.17, 15) is 0 Å². The Labute approximate surface area is 203 Å². The maximum atomic E-state index is 5.48. The van der Waals surface area contributed by atoms with E-state index in [0.717, 1.165) is 31.0 Å². The molecule has 1 aromatic heterocycles. The van der Waals surface area contributed by atoms with E-state index in [1.54, 1.807) is 14.2 Å². The van der Waals surface area contributed by atoms with E-state index in [2.05, 4.69) is 69.8 Å². The molecule has 8 heteroatoms. The van der Waals surface area contributed by atoms with Gasteiger partial charge in [-0.15, -0.1) is 24.0 Å². The Morgan fingerprint density at radius 2 is 1.87 bits per heavy atom. The summed E-state index contributed by atoms with van der Waals surface area (Å²) in [6.07, 6.45) is 2.84. The van der Waals surface area contributed by atoms with Gasteiger partial charge in [0, 0.05) is 52.1 Å². The van der Waals surface area contributed by atoms with Gasteiger partial charge < -0.3 is 20.1 Å². The molecule has 0 saturated carbocycles. The van der Waals surface area contributed by atoms with E-state index in [-0.39, 0.29) is 24.0 Å². The molecule has 172 valence electrons. The Kier molecular flexibility index (Phi) is 13.8. The first-order valence-corrected chi connectivity index (χ1v) is 10.4. The summed E-state index contributed by atoms with van der Waals surface area (Å²) >= 11 is 0. The van der Waals surface area contributed by atoms with E-state index in [1.165, 1.54) is 5.56 Å². The van der Waals surface area contributed by atoms with Crippen molar-refractivity contribution < 1.29 is 9.47 Å². The number of aromatic nitrogens is 1. The Morgan fingerprint density at radius 1 is 1.10 bits per heavy atom. The number of hydrogen-bond acceptors (Lipinski definition) is 5. The van der Waals surface area contributed by atoms with Crippen LogP contribution in [0.3, 0.4) is 0 Å². The van der Waals surface area contributed by atoms with Crippen molar-refractivity contribution in [2.24, 2.45) is 4.99 Å². The first kappa shape index (κ1) is 27.1. The number of hydrogen-bond donors (Lipinski definition) is 2. The summed E-state index contributed by atoms with van der Waals surface area (Å²) < 4.78 is 10.4. The van der Waals surface area contributed by atoms with Crippen LogP contribution in [0.1, 0.15) is 24.5 Å². The molecular weight excluding hydrogens is 505 g/mol. The van der Waals surface area contributed by atoms with Crippen molar-refractivity contribution in [1.29, 1.82) is 0 Å². The number of benzene rings is 1. The fourth-order valence-electron chi connectivity index (χ4n) is 2.88. The molecule has 0 spiro atoms. The summed E-state index contributed by atoms with van der Waals surface area (Å²) in [6, 6.07) is 14.9. The number of ether oxygens (including phenoxy) is 2. The second-order valence-corrected chi connectivity index (χ2v) is 7.24. The third kappa shape index (κ3) is 10.8. The Morgan fingerprint density at radius 3 is 2.52 bits per heavy atom. The third-order valence-electron chi connectivity index (χ3n) is 4.90. The fourth-order valence-corrected chi connectivity index (χ4v) is 2.88. The molecule has 2 N–H and O–H groups in total. The number of rotatable bonds is 12. The van der Waals surface area contributed by atoms with Gasteiger partial charge in [-0.1, -0.05) is 36.4 Å². The Bertz CT molecular complexity index is 743. The van der Waals surface area contributed by atoms with Crippen LogP contribution in [0.5, 0.6) is 5.88 Å². The lowest BCUT2D eigenvalue weighted by Gasteiger charge is -2.25. The molecule has 1 atom stereocenters. The van der Waals surface area contributed by atoms with Crippen molar-refractivity contribution >= 4 is 29.9 Å². The van der Waals surface area contributed by atoms with Gasteiger partial charge in [0.1, 0.15) is 6.61 Å². The summed E-state index contributed by atoms with van der Waals surface area (Å²) in [6.45, 7) is 5.75. The molecule has 1 heterocycles. The van der Waals surface area contributed by atoms with Gasteiger partial charge in [0.15, 0.2) is 5.96 Å². The largest absolute Gasteiger partial charge is 0.475 e. The van der Waals surface area contributed by atoms with Crippen molar-refractivity contribution in [1.82, 2.24) is 20.5 Å². The number of halogens is 1. The summed E-state index contributed by atoms with van der Waals surface area (Å²) in [5, 5.41) is 6.71. The maximum Gasteiger partial charge on any atom is 0.213 e. The molecule has 0 aliphatic carbocycles. The molecular formula is C23H36IN5O2. The summed E-state index contributed by atoms with van der Waals surface area (Å²) in [5.41, 5.74) is 2.40. The van der Waals surface area contributed by atoms with Crippen LogP contribution in [0.25, 0.3) is 0 Å². The lowest BCUT2D eigenvalue weighted by Crippen LogP contribution is -2.39. The average Bonchev–Trinajstić information content (AvgIpc) is 2.77. The van der Waals surface area contributed by atoms with Crippen molar-refractivity contribution in [3.05, 3.63) is 59.8 Å². The highest BCUT2D eigenvalue weighted by Gasteiger charge is 2.10. The monoisotopic (exact) mass is 541 g/mol. The minimum absolute atomic E-state index is 0. The first-order valence-electron chi connectivity index (χ1n) is 10.4. The SMILES string of the molecule is CN=C(NCCC(C)N(C)Cc1ccccc1)NCc1ccc(OCCOC)nc1.I. The molecule has 7 nitrogen and oxygen atoms in total. The second kappa shape index (κ2) is 15.8. The van der Waals surface area contributed by atoms with Crippen molar-refractivity contribution in [3.63, 3.8) is 0 Å². The molecule has 0 radical (unpaired) electrons. The van der Waals surface area contributed by atoms with E-state index in [0.29, 0.717) is 31.7 Å². The van der Waals surface area contributed by atoms with Gasteiger partial charge in [-0.3, -0.25) is 9.89 Å². The number of aliphatic imine (C=N–C) groups is 1. The minimum Gasteiger partial charge on any atom is -0.475 e. The first-order chi connectivity index (χ1) is 14.6. The standard InChI is InChI=1S/C23H35N5O2.HI/c1-19(28(3)18-20-8-6-5-7-9-20)12-13-25-23(24-2)27-17-21-10-11-22(26-16-21)30-15-14-29-4;/h5-11,16,19H,12-15,17-18H2,1-4H3,(H2,24,25,27);1H. The predicted molar refractivity (Wildman–Crippen MR) is 137 cm³/mol. The van der Waals surface area contributed by atoms with E-state index in [4.69, 9.17) is 9.47 Å².